The highest BCUT2D eigenvalue weighted by Gasteiger charge is 2.25. The molecule has 8 nitrogen and oxygen atoms in total. The Balaban J connectivity index is 0.000000219. The average Bonchev–Trinajstić information content (AvgIpc) is 3.08. The summed E-state index contributed by atoms with van der Waals surface area (Å²) in [6, 6.07) is 27.9. The van der Waals surface area contributed by atoms with Gasteiger partial charge in [-0.2, -0.15) is 8.42 Å². The zero-order valence-corrected chi connectivity index (χ0v) is 29.6. The monoisotopic (exact) mass is 725 g/mol. The number of nitrogens with two attached hydrogens (primary N) is 1. The quantitative estimate of drug-likeness (QED) is 0.169. The Morgan fingerprint density at radius 3 is 1.45 bits per heavy atom. The van der Waals surface area contributed by atoms with Crippen LogP contribution in [0.15, 0.2) is 117 Å². The van der Waals surface area contributed by atoms with Gasteiger partial charge in [0.1, 0.15) is 0 Å². The highest BCUT2D eigenvalue weighted by Crippen LogP contribution is 2.37. The summed E-state index contributed by atoms with van der Waals surface area (Å²) in [5, 5.41) is 0. The first-order chi connectivity index (χ1) is 22.9. The Bertz CT molecular complexity index is 2030. The van der Waals surface area contributed by atoms with Gasteiger partial charge < -0.3 is 5.73 Å². The van der Waals surface area contributed by atoms with E-state index in [1.807, 2.05) is 24.3 Å². The molecule has 0 saturated carbocycles. The minimum absolute atomic E-state index is 0. The van der Waals surface area contributed by atoms with E-state index in [1.165, 1.54) is 11.1 Å². The molecule has 2 N–H and O–H groups in total. The number of hydrogen-bond donors (Lipinski definition) is 1. The summed E-state index contributed by atoms with van der Waals surface area (Å²) in [6.45, 7) is 0.821. The van der Waals surface area contributed by atoms with Gasteiger partial charge in [-0.05, 0) is 141 Å². The van der Waals surface area contributed by atoms with Crippen molar-refractivity contribution in [3.8, 4) is 0 Å². The van der Waals surface area contributed by atoms with Crippen LogP contribution >= 0.6 is 0 Å². The van der Waals surface area contributed by atoms with Crippen molar-refractivity contribution in [2.24, 2.45) is 5.73 Å². The van der Waals surface area contributed by atoms with Crippen molar-refractivity contribution in [1.82, 2.24) is 0 Å². The molecule has 49 heavy (non-hydrogen) atoms. The van der Waals surface area contributed by atoms with Crippen molar-refractivity contribution >= 4 is 29.8 Å². The number of hydrogen-bond acceptors (Lipinski definition) is 8. The molecule has 2 aliphatic rings. The van der Waals surface area contributed by atoms with Crippen LogP contribution in [0, 0.1) is 0 Å². The molecule has 2 aliphatic carbocycles. The molecule has 6 rings (SSSR count). The third-order valence-electron chi connectivity index (χ3n) is 9.11. The van der Waals surface area contributed by atoms with Crippen LogP contribution in [0.25, 0.3) is 0 Å². The zero-order chi connectivity index (χ0) is 34.4. The van der Waals surface area contributed by atoms with Gasteiger partial charge in [0.05, 0.1) is 32.4 Å². The first kappa shape index (κ1) is 38.5. The Kier molecular flexibility index (Phi) is 13.0. The van der Waals surface area contributed by atoms with E-state index in [9.17, 15) is 25.3 Å². The number of sulfone groups is 2. The maximum atomic E-state index is 12.8. The summed E-state index contributed by atoms with van der Waals surface area (Å²) in [7, 11) is -10.4. The maximum absolute atomic E-state index is 12.8. The first-order valence-corrected chi connectivity index (χ1v) is 21.1. The van der Waals surface area contributed by atoms with Gasteiger partial charge in [0, 0.05) is 0 Å². The van der Waals surface area contributed by atoms with Crippen LogP contribution in [-0.4, -0.2) is 44.7 Å². The molecule has 4 aromatic rings. The minimum Gasteiger partial charge on any atom is -0.330 e. The topological polar surface area (TPSA) is 138 Å². The van der Waals surface area contributed by atoms with E-state index < -0.39 is 29.8 Å². The molecule has 0 heterocycles. The van der Waals surface area contributed by atoms with Gasteiger partial charge in [0.2, 0.25) is 19.7 Å². The summed E-state index contributed by atoms with van der Waals surface area (Å²) in [5.74, 6) is 0.663. The van der Waals surface area contributed by atoms with E-state index in [2.05, 4.69) is 0 Å². The fourth-order valence-electron chi connectivity index (χ4n) is 6.73. The normalized spacial score (nSPS) is 17.4. The number of rotatable bonds is 10. The Labute approximate surface area is 292 Å². The van der Waals surface area contributed by atoms with Gasteiger partial charge in [-0.1, -0.05) is 56.0 Å². The van der Waals surface area contributed by atoms with Gasteiger partial charge >= 0.3 is 0 Å². The van der Waals surface area contributed by atoms with E-state index in [0.29, 0.717) is 33.6 Å². The Hall–Kier alpha value is -3.35. The van der Waals surface area contributed by atoms with Crippen LogP contribution < -0.4 is 5.73 Å². The van der Waals surface area contributed by atoms with Gasteiger partial charge in [-0.15, -0.1) is 0 Å². The minimum atomic E-state index is -3.53. The fourth-order valence-corrected chi connectivity index (χ4v) is 9.79. The summed E-state index contributed by atoms with van der Waals surface area (Å²) < 4.78 is 78.1. The van der Waals surface area contributed by atoms with Crippen molar-refractivity contribution in [1.29, 1.82) is 0 Å². The summed E-state index contributed by atoms with van der Waals surface area (Å²) in [5.41, 5.74) is 10.3. The van der Waals surface area contributed by atoms with Gasteiger partial charge in [0.15, 0.2) is 0 Å². The van der Waals surface area contributed by atoms with Gasteiger partial charge in [0.25, 0.3) is 10.1 Å². The van der Waals surface area contributed by atoms with Gasteiger partial charge in [-0.3, -0.25) is 4.18 Å². The molecule has 0 aliphatic heterocycles. The molecule has 0 saturated heterocycles. The number of benzene rings is 4. The maximum Gasteiger partial charge on any atom is 0.264 e. The highest BCUT2D eigenvalue weighted by molar-refractivity contribution is 7.91. The molecule has 11 heteroatoms. The van der Waals surface area contributed by atoms with Crippen molar-refractivity contribution in [2.45, 2.75) is 90.2 Å². The second-order valence-corrected chi connectivity index (χ2v) is 18.0. The number of aryl methyl sites for hydroxylation is 2. The van der Waals surface area contributed by atoms with Crippen LogP contribution in [-0.2, 0) is 46.8 Å². The predicted molar refractivity (Wildman–Crippen MR) is 194 cm³/mol. The SMILES string of the molecule is C.CS(=O)(=O)OCCC1CCCc2cc(S(=O)(=O)c3ccccc3)ccc21.NCCC1CCCc2cc(S(=O)(=O)c3ccccc3)ccc21. The van der Waals surface area contributed by atoms with E-state index in [1.54, 1.807) is 72.8 Å². The molecular weight excluding hydrogens is 679 g/mol. The number of fused-ring (bicyclic) bond motifs is 2. The fraction of sp³-hybridized carbons (Fsp3) is 0.368. The molecule has 0 aromatic heterocycles. The van der Waals surface area contributed by atoms with Crippen molar-refractivity contribution in [3.63, 3.8) is 0 Å². The van der Waals surface area contributed by atoms with Crippen LogP contribution in [0.2, 0.25) is 0 Å². The zero-order valence-electron chi connectivity index (χ0n) is 27.1. The third kappa shape index (κ3) is 9.46. The van der Waals surface area contributed by atoms with Gasteiger partial charge in [-0.25, -0.2) is 16.8 Å². The molecule has 4 aromatic carbocycles. The third-order valence-corrected chi connectivity index (χ3v) is 13.2. The van der Waals surface area contributed by atoms with Crippen LogP contribution in [0.5, 0.6) is 0 Å². The second kappa shape index (κ2) is 16.6. The van der Waals surface area contributed by atoms with E-state index in [0.717, 1.165) is 62.3 Å². The molecule has 0 spiro atoms. The van der Waals surface area contributed by atoms with Crippen molar-refractivity contribution < 1.29 is 29.4 Å². The van der Waals surface area contributed by atoms with Crippen molar-refractivity contribution in [3.05, 3.63) is 119 Å². The van der Waals surface area contributed by atoms with Crippen LogP contribution in [0.4, 0.5) is 0 Å². The largest absolute Gasteiger partial charge is 0.330 e. The van der Waals surface area contributed by atoms with E-state index in [4.69, 9.17) is 9.92 Å². The lowest BCUT2D eigenvalue weighted by molar-refractivity contribution is 0.296. The highest BCUT2D eigenvalue weighted by atomic mass is 32.2. The standard InChI is InChI=1S/C19H22O5S2.C18H21NO2S.CH4/c1-25(20,21)24-13-12-15-6-5-7-16-14-18(10-11-19(15)16)26(22,23)17-8-3-2-4-9-17;19-12-11-14-5-4-6-15-13-17(9-10-18(14)15)22(20,21)16-7-2-1-3-8-16;/h2-4,8-11,14-15H,5-7,12-13H2,1H3;1-3,7-10,13-14H,4-6,11-12,19H2;1H4. The second-order valence-electron chi connectivity index (χ2n) is 12.4. The molecule has 0 radical (unpaired) electrons. The molecule has 0 bridgehead atoms. The molecule has 0 fully saturated rings. The van der Waals surface area contributed by atoms with Crippen molar-refractivity contribution in [2.75, 3.05) is 19.4 Å². The van der Waals surface area contributed by atoms with E-state index >= 15 is 0 Å². The van der Waals surface area contributed by atoms with Crippen LogP contribution in [0.3, 0.4) is 0 Å². The summed E-state index contributed by atoms with van der Waals surface area (Å²) >= 11 is 0. The Morgan fingerprint density at radius 2 is 1.04 bits per heavy atom. The first-order valence-electron chi connectivity index (χ1n) is 16.3. The molecule has 0 amide bonds. The molecular formula is C38H47NO7S3. The summed E-state index contributed by atoms with van der Waals surface area (Å²) in [6.07, 6.45) is 8.55. The predicted octanol–water partition coefficient (Wildman–Crippen LogP) is 7.23. The Morgan fingerprint density at radius 1 is 0.612 bits per heavy atom. The smallest absolute Gasteiger partial charge is 0.264 e. The lowest BCUT2D eigenvalue weighted by Gasteiger charge is -2.26. The molecule has 2 unspecified atom stereocenters. The lowest BCUT2D eigenvalue weighted by Crippen LogP contribution is -2.14. The average molecular weight is 726 g/mol. The van der Waals surface area contributed by atoms with E-state index in [-0.39, 0.29) is 24.8 Å². The van der Waals surface area contributed by atoms with Crippen LogP contribution in [0.1, 0.15) is 80.0 Å². The molecule has 2 atom stereocenters. The summed E-state index contributed by atoms with van der Waals surface area (Å²) in [4.78, 5) is 1.33. The lowest BCUT2D eigenvalue weighted by atomic mass is 9.81. The molecule has 264 valence electrons.